The summed E-state index contributed by atoms with van der Waals surface area (Å²) >= 11 is 0. The molecule has 3 aromatic heterocycles. The Morgan fingerprint density at radius 1 is 1.00 bits per heavy atom. The Hall–Kier alpha value is -4.27. The number of para-hydroxylation sites is 1. The van der Waals surface area contributed by atoms with Gasteiger partial charge in [-0.2, -0.15) is 4.99 Å². The lowest BCUT2D eigenvalue weighted by Crippen LogP contribution is -2.33. The van der Waals surface area contributed by atoms with Gasteiger partial charge < -0.3 is 14.0 Å². The lowest BCUT2D eigenvalue weighted by Gasteiger charge is -2.15. The van der Waals surface area contributed by atoms with Crippen molar-refractivity contribution in [1.29, 1.82) is 0 Å². The molecule has 0 saturated carbocycles. The van der Waals surface area contributed by atoms with Crippen LogP contribution < -0.4 is 15.8 Å². The van der Waals surface area contributed by atoms with E-state index in [2.05, 4.69) is 4.99 Å². The minimum Gasteiger partial charge on any atom is -0.493 e. The second-order valence-corrected chi connectivity index (χ2v) is 8.14. The molecule has 0 unspecified atom stereocenters. The van der Waals surface area contributed by atoms with Gasteiger partial charge in [0, 0.05) is 12.7 Å². The van der Waals surface area contributed by atoms with Gasteiger partial charge in [-0.15, -0.1) is 0 Å². The van der Waals surface area contributed by atoms with Crippen molar-refractivity contribution in [2.75, 3.05) is 13.2 Å². The molecule has 0 N–H and O–H groups in total. The summed E-state index contributed by atoms with van der Waals surface area (Å²) in [6.07, 6.45) is 2.28. The molecule has 1 aromatic carbocycles. The van der Waals surface area contributed by atoms with E-state index in [1.165, 1.54) is 10.5 Å². The average Bonchev–Trinajstić information content (AvgIpc) is 2.87. The molecule has 0 spiro atoms. The first-order valence-electron chi connectivity index (χ1n) is 11.9. The standard InChI is InChI=1S/C27H28N4O5/c1-5-14-30-23-19(26(33)31-15-10-11-17(4)22(31)28-23)16-20(27(34)36-7-3)24(30)29-25(32)18-12-8-9-13-21(18)35-6-2/h8-13,15-16H,5-7,14H2,1-4H3. The number of carbonyl (C=O) groups excluding carboxylic acids is 2. The molecule has 0 aliphatic rings. The van der Waals surface area contributed by atoms with Crippen LogP contribution in [-0.4, -0.2) is 39.0 Å². The maximum atomic E-state index is 13.4. The van der Waals surface area contributed by atoms with Crippen molar-refractivity contribution in [2.24, 2.45) is 4.99 Å². The molecule has 3 heterocycles. The molecule has 0 aliphatic heterocycles. The van der Waals surface area contributed by atoms with E-state index in [9.17, 15) is 14.4 Å². The number of benzene rings is 1. The van der Waals surface area contributed by atoms with Gasteiger partial charge in [0.05, 0.1) is 24.2 Å². The highest BCUT2D eigenvalue weighted by Gasteiger charge is 2.21. The number of carbonyl (C=O) groups is 2. The second-order valence-electron chi connectivity index (χ2n) is 8.14. The maximum absolute atomic E-state index is 13.4. The first kappa shape index (κ1) is 24.8. The van der Waals surface area contributed by atoms with Gasteiger partial charge in [-0.25, -0.2) is 9.78 Å². The number of ether oxygens (including phenoxy) is 2. The van der Waals surface area contributed by atoms with Gasteiger partial charge in [0.25, 0.3) is 11.5 Å². The normalized spacial score (nSPS) is 11.7. The fourth-order valence-corrected chi connectivity index (χ4v) is 4.08. The van der Waals surface area contributed by atoms with Crippen LogP contribution in [0.5, 0.6) is 5.75 Å². The molecular formula is C27H28N4O5. The number of fused-ring (bicyclic) bond motifs is 2. The lowest BCUT2D eigenvalue weighted by molar-refractivity contribution is 0.0523. The van der Waals surface area contributed by atoms with Crippen molar-refractivity contribution in [1.82, 2.24) is 14.0 Å². The Balaban J connectivity index is 2.12. The van der Waals surface area contributed by atoms with Crippen LogP contribution in [0.2, 0.25) is 0 Å². The van der Waals surface area contributed by atoms with Crippen LogP contribution >= 0.6 is 0 Å². The van der Waals surface area contributed by atoms with Crippen LogP contribution in [0.1, 0.15) is 53.5 Å². The van der Waals surface area contributed by atoms with E-state index in [0.717, 1.165) is 5.56 Å². The van der Waals surface area contributed by atoms with Crippen molar-refractivity contribution >= 4 is 28.6 Å². The van der Waals surface area contributed by atoms with Crippen molar-refractivity contribution < 1.29 is 19.1 Å². The summed E-state index contributed by atoms with van der Waals surface area (Å²) in [6.45, 7) is 8.20. The number of hydrogen-bond acceptors (Lipinski definition) is 6. The van der Waals surface area contributed by atoms with E-state index in [4.69, 9.17) is 14.5 Å². The molecule has 0 atom stereocenters. The number of hydrogen-bond donors (Lipinski definition) is 0. The lowest BCUT2D eigenvalue weighted by atomic mass is 10.1. The van der Waals surface area contributed by atoms with Crippen molar-refractivity contribution in [3.8, 4) is 5.75 Å². The first-order chi connectivity index (χ1) is 17.4. The fourth-order valence-electron chi connectivity index (χ4n) is 4.08. The Labute approximate surface area is 207 Å². The molecule has 0 fully saturated rings. The summed E-state index contributed by atoms with van der Waals surface area (Å²) in [5, 5.41) is 0.232. The summed E-state index contributed by atoms with van der Waals surface area (Å²) in [5.74, 6) is -0.864. The zero-order chi connectivity index (χ0) is 25.8. The van der Waals surface area contributed by atoms with Crippen molar-refractivity contribution in [2.45, 2.75) is 40.7 Å². The number of nitrogens with zero attached hydrogens (tertiary/aromatic N) is 4. The van der Waals surface area contributed by atoms with Gasteiger partial charge in [-0.05, 0) is 57.0 Å². The Bertz CT molecular complexity index is 1600. The number of pyridine rings is 2. The Morgan fingerprint density at radius 2 is 1.78 bits per heavy atom. The summed E-state index contributed by atoms with van der Waals surface area (Å²) in [4.78, 5) is 49.0. The average molecular weight is 489 g/mol. The number of aromatic nitrogens is 3. The quantitative estimate of drug-likeness (QED) is 0.290. The predicted octanol–water partition coefficient (Wildman–Crippen LogP) is 3.68. The van der Waals surface area contributed by atoms with E-state index < -0.39 is 11.9 Å². The van der Waals surface area contributed by atoms with E-state index in [1.54, 1.807) is 48.0 Å². The third-order valence-corrected chi connectivity index (χ3v) is 5.67. The molecule has 1 amide bonds. The largest absolute Gasteiger partial charge is 0.493 e. The molecule has 9 heteroatoms. The van der Waals surface area contributed by atoms with E-state index >= 15 is 0 Å². The Morgan fingerprint density at radius 3 is 2.50 bits per heavy atom. The zero-order valence-corrected chi connectivity index (χ0v) is 20.8. The summed E-state index contributed by atoms with van der Waals surface area (Å²) < 4.78 is 14.0. The highest BCUT2D eigenvalue weighted by Crippen LogP contribution is 2.19. The van der Waals surface area contributed by atoms with E-state index in [1.807, 2.05) is 26.8 Å². The van der Waals surface area contributed by atoms with Crippen LogP contribution in [0.4, 0.5) is 0 Å². The van der Waals surface area contributed by atoms with Gasteiger partial charge in [0.2, 0.25) is 0 Å². The van der Waals surface area contributed by atoms with Crippen LogP contribution in [0.15, 0.2) is 58.4 Å². The topological polar surface area (TPSA) is 104 Å². The molecule has 4 rings (SSSR count). The van der Waals surface area contributed by atoms with E-state index in [-0.39, 0.29) is 34.2 Å². The summed E-state index contributed by atoms with van der Waals surface area (Å²) in [7, 11) is 0. The molecular weight excluding hydrogens is 460 g/mol. The number of rotatable bonds is 7. The van der Waals surface area contributed by atoms with Gasteiger partial charge in [0.1, 0.15) is 22.6 Å². The van der Waals surface area contributed by atoms with Crippen molar-refractivity contribution in [3.05, 3.63) is 81.2 Å². The molecule has 0 saturated heterocycles. The van der Waals surface area contributed by atoms with Gasteiger partial charge >= 0.3 is 5.97 Å². The highest BCUT2D eigenvalue weighted by molar-refractivity contribution is 5.99. The summed E-state index contributed by atoms with van der Waals surface area (Å²) in [6, 6.07) is 11.8. The van der Waals surface area contributed by atoms with Gasteiger partial charge in [0.15, 0.2) is 5.49 Å². The molecule has 9 nitrogen and oxygen atoms in total. The molecule has 186 valence electrons. The highest BCUT2D eigenvalue weighted by atomic mass is 16.5. The summed E-state index contributed by atoms with van der Waals surface area (Å²) in [5.41, 5.74) is 1.69. The zero-order valence-electron chi connectivity index (χ0n) is 20.8. The predicted molar refractivity (Wildman–Crippen MR) is 135 cm³/mol. The minimum atomic E-state index is -0.678. The van der Waals surface area contributed by atoms with Gasteiger partial charge in [-0.3, -0.25) is 14.0 Å². The van der Waals surface area contributed by atoms with E-state index in [0.29, 0.717) is 36.6 Å². The van der Waals surface area contributed by atoms with Crippen LogP contribution in [0.3, 0.4) is 0 Å². The third-order valence-electron chi connectivity index (χ3n) is 5.67. The number of amides is 1. The molecule has 36 heavy (non-hydrogen) atoms. The van der Waals surface area contributed by atoms with Crippen LogP contribution in [-0.2, 0) is 11.3 Å². The molecule has 4 aromatic rings. The minimum absolute atomic E-state index is 0.0199. The second kappa shape index (κ2) is 10.6. The van der Waals surface area contributed by atoms with Crippen molar-refractivity contribution in [3.63, 3.8) is 0 Å². The molecule has 0 radical (unpaired) electrons. The number of aryl methyl sites for hydroxylation is 2. The van der Waals surface area contributed by atoms with Crippen LogP contribution in [0.25, 0.3) is 16.7 Å². The number of esters is 1. The maximum Gasteiger partial charge on any atom is 0.341 e. The molecule has 0 bridgehead atoms. The first-order valence-corrected chi connectivity index (χ1v) is 11.9. The fraction of sp³-hybridized carbons (Fsp3) is 0.296. The van der Waals surface area contributed by atoms with Gasteiger partial charge in [-0.1, -0.05) is 25.1 Å². The SMILES string of the molecule is CCCn1c(=NC(=O)c2ccccc2OCC)c(C(=O)OCC)cc2c(=O)n3cccc(C)c3nc21. The van der Waals surface area contributed by atoms with Crippen LogP contribution in [0, 0.1) is 6.92 Å². The molecule has 0 aliphatic carbocycles. The monoisotopic (exact) mass is 488 g/mol. The Kier molecular flexibility index (Phi) is 7.28. The smallest absolute Gasteiger partial charge is 0.341 e. The third kappa shape index (κ3) is 4.51.